The van der Waals surface area contributed by atoms with E-state index in [0.29, 0.717) is 6.54 Å². The minimum absolute atomic E-state index is 0.0631. The molecule has 2 rings (SSSR count). The first-order valence-corrected chi connectivity index (χ1v) is 6.56. The summed E-state index contributed by atoms with van der Waals surface area (Å²) in [5.41, 5.74) is 6.34. The molecule has 0 spiro atoms. The van der Waals surface area contributed by atoms with Crippen LogP contribution in [0.1, 0.15) is 35.2 Å². The number of oxime groups is 1. The summed E-state index contributed by atoms with van der Waals surface area (Å²) in [7, 11) is 0. The van der Waals surface area contributed by atoms with Gasteiger partial charge in [0.05, 0.1) is 5.56 Å². The second-order valence-electron chi connectivity index (χ2n) is 5.05. The number of nitrogens with two attached hydrogens (primary N) is 1. The molecule has 1 saturated carbocycles. The lowest BCUT2D eigenvalue weighted by atomic mass is 10.1. The zero-order chi connectivity index (χ0) is 14.7. The van der Waals surface area contributed by atoms with E-state index in [1.165, 1.54) is 6.07 Å². The van der Waals surface area contributed by atoms with E-state index in [0.717, 1.165) is 18.4 Å². The van der Waals surface area contributed by atoms with Crippen LogP contribution in [0.25, 0.3) is 0 Å². The molecule has 20 heavy (non-hydrogen) atoms. The van der Waals surface area contributed by atoms with Crippen LogP contribution in [-0.2, 0) is 0 Å². The zero-order valence-corrected chi connectivity index (χ0v) is 11.3. The molecule has 0 bridgehead atoms. The van der Waals surface area contributed by atoms with Gasteiger partial charge in [-0.05, 0) is 31.9 Å². The second kappa shape index (κ2) is 5.90. The first kappa shape index (κ1) is 14.3. The fourth-order valence-corrected chi connectivity index (χ4v) is 2.08. The lowest BCUT2D eigenvalue weighted by Crippen LogP contribution is -2.36. The quantitative estimate of drug-likeness (QED) is 0.374. The molecule has 1 aliphatic rings. The summed E-state index contributed by atoms with van der Waals surface area (Å²) in [5, 5.41) is 11.4. The lowest BCUT2D eigenvalue weighted by molar-refractivity contribution is 0.0742. The van der Waals surface area contributed by atoms with Gasteiger partial charge in [-0.2, -0.15) is 0 Å². The summed E-state index contributed by atoms with van der Waals surface area (Å²) in [6.07, 6.45) is 2.09. The predicted octanol–water partition coefficient (Wildman–Crippen LogP) is 1.88. The highest BCUT2D eigenvalue weighted by molar-refractivity contribution is 5.95. The number of carbonyl (C=O) groups excluding carboxylic acids is 1. The summed E-state index contributed by atoms with van der Waals surface area (Å²) in [4.78, 5) is 14.1. The number of aryl methyl sites for hydroxylation is 1. The third kappa shape index (κ3) is 3.26. The molecular weight excluding hydrogens is 261 g/mol. The molecule has 1 aromatic carbocycles. The largest absolute Gasteiger partial charge is 0.409 e. The molecule has 0 atom stereocenters. The molecule has 0 unspecified atom stereocenters. The van der Waals surface area contributed by atoms with E-state index in [1.807, 2.05) is 6.92 Å². The molecule has 6 heteroatoms. The minimum Gasteiger partial charge on any atom is -0.409 e. The van der Waals surface area contributed by atoms with Crippen LogP contribution in [0.3, 0.4) is 0 Å². The highest BCUT2D eigenvalue weighted by Gasteiger charge is 2.33. The Balaban J connectivity index is 2.16. The SMILES string of the molecule is Cc1ccc(F)c(C(=O)N(CCC(N)=NO)C2CC2)c1. The number of carbonyl (C=O) groups is 1. The molecule has 0 saturated heterocycles. The number of halogens is 1. The molecule has 1 aliphatic carbocycles. The first-order valence-electron chi connectivity index (χ1n) is 6.56. The van der Waals surface area contributed by atoms with Crippen LogP contribution in [-0.4, -0.2) is 34.4 Å². The number of nitrogens with zero attached hydrogens (tertiary/aromatic N) is 2. The maximum absolute atomic E-state index is 13.8. The van der Waals surface area contributed by atoms with Crippen molar-refractivity contribution in [1.29, 1.82) is 0 Å². The lowest BCUT2D eigenvalue weighted by Gasteiger charge is -2.22. The summed E-state index contributed by atoms with van der Waals surface area (Å²) >= 11 is 0. The fourth-order valence-electron chi connectivity index (χ4n) is 2.08. The minimum atomic E-state index is -0.518. The molecule has 3 N–H and O–H groups in total. The van der Waals surface area contributed by atoms with E-state index < -0.39 is 5.82 Å². The van der Waals surface area contributed by atoms with Gasteiger partial charge in [-0.25, -0.2) is 4.39 Å². The van der Waals surface area contributed by atoms with Gasteiger partial charge in [0.1, 0.15) is 11.7 Å². The Morgan fingerprint density at radius 2 is 2.25 bits per heavy atom. The summed E-state index contributed by atoms with van der Waals surface area (Å²) < 4.78 is 13.8. The number of benzene rings is 1. The van der Waals surface area contributed by atoms with E-state index >= 15 is 0 Å². The van der Waals surface area contributed by atoms with Gasteiger partial charge in [-0.3, -0.25) is 4.79 Å². The molecule has 108 valence electrons. The average molecular weight is 279 g/mol. The van der Waals surface area contributed by atoms with Gasteiger partial charge in [0.2, 0.25) is 0 Å². The van der Waals surface area contributed by atoms with Gasteiger partial charge in [-0.15, -0.1) is 0 Å². The molecule has 0 heterocycles. The Hall–Kier alpha value is -2.11. The Bertz CT molecular complexity index is 541. The van der Waals surface area contributed by atoms with Crippen LogP contribution < -0.4 is 5.73 Å². The topological polar surface area (TPSA) is 78.9 Å². The normalized spacial score (nSPS) is 15.2. The van der Waals surface area contributed by atoms with Crippen molar-refractivity contribution in [1.82, 2.24) is 4.90 Å². The van der Waals surface area contributed by atoms with Gasteiger partial charge in [-0.1, -0.05) is 16.8 Å². The number of rotatable bonds is 5. The maximum atomic E-state index is 13.8. The van der Waals surface area contributed by atoms with Gasteiger partial charge in [0.15, 0.2) is 0 Å². The standard InChI is InChI=1S/C14H18FN3O2/c1-9-2-5-12(15)11(8-9)14(19)18(10-3-4-10)7-6-13(16)17-20/h2,5,8,10,20H,3-4,6-7H2,1H3,(H2,16,17). The molecule has 5 nitrogen and oxygen atoms in total. The van der Waals surface area contributed by atoms with Crippen molar-refractivity contribution in [2.75, 3.05) is 6.54 Å². The average Bonchev–Trinajstić information content (AvgIpc) is 3.25. The highest BCUT2D eigenvalue weighted by Crippen LogP contribution is 2.29. The van der Waals surface area contributed by atoms with E-state index in [2.05, 4.69) is 5.16 Å². The van der Waals surface area contributed by atoms with Gasteiger partial charge in [0.25, 0.3) is 5.91 Å². The molecular formula is C14H18FN3O2. The maximum Gasteiger partial charge on any atom is 0.257 e. The van der Waals surface area contributed by atoms with Crippen molar-refractivity contribution in [3.8, 4) is 0 Å². The van der Waals surface area contributed by atoms with E-state index in [9.17, 15) is 9.18 Å². The van der Waals surface area contributed by atoms with Crippen LogP contribution in [0.5, 0.6) is 0 Å². The molecule has 0 aliphatic heterocycles. The molecule has 0 aromatic heterocycles. The van der Waals surface area contributed by atoms with Gasteiger partial charge >= 0.3 is 0 Å². The molecule has 1 aromatic rings. The number of hydrogen-bond donors (Lipinski definition) is 2. The van der Waals surface area contributed by atoms with Gasteiger partial charge < -0.3 is 15.8 Å². The smallest absolute Gasteiger partial charge is 0.257 e. The summed E-state index contributed by atoms with van der Waals surface area (Å²) in [5.74, 6) is -0.789. The van der Waals surface area contributed by atoms with Crippen LogP contribution in [0.4, 0.5) is 4.39 Å². The van der Waals surface area contributed by atoms with Crippen molar-refractivity contribution in [2.45, 2.75) is 32.2 Å². The van der Waals surface area contributed by atoms with Crippen molar-refractivity contribution in [2.24, 2.45) is 10.9 Å². The van der Waals surface area contributed by atoms with Crippen molar-refractivity contribution in [3.63, 3.8) is 0 Å². The zero-order valence-electron chi connectivity index (χ0n) is 11.3. The third-order valence-corrected chi connectivity index (χ3v) is 3.34. The summed E-state index contributed by atoms with van der Waals surface area (Å²) in [6, 6.07) is 4.62. The van der Waals surface area contributed by atoms with Crippen molar-refractivity contribution >= 4 is 11.7 Å². The second-order valence-corrected chi connectivity index (χ2v) is 5.05. The first-order chi connectivity index (χ1) is 9.52. The highest BCUT2D eigenvalue weighted by atomic mass is 19.1. The third-order valence-electron chi connectivity index (χ3n) is 3.34. The Labute approximate surface area is 116 Å². The van der Waals surface area contributed by atoms with Crippen LogP contribution >= 0.6 is 0 Å². The monoisotopic (exact) mass is 279 g/mol. The Morgan fingerprint density at radius 3 is 2.85 bits per heavy atom. The summed E-state index contributed by atoms with van der Waals surface area (Å²) in [6.45, 7) is 2.14. The van der Waals surface area contributed by atoms with Gasteiger partial charge in [0, 0.05) is 19.0 Å². The molecule has 1 amide bonds. The molecule has 1 fully saturated rings. The molecule has 0 radical (unpaired) electrons. The van der Waals surface area contributed by atoms with Crippen LogP contribution in [0.2, 0.25) is 0 Å². The van der Waals surface area contributed by atoms with E-state index in [-0.39, 0.29) is 29.8 Å². The predicted molar refractivity (Wildman–Crippen MR) is 73.2 cm³/mol. The van der Waals surface area contributed by atoms with E-state index in [1.54, 1.807) is 17.0 Å². The van der Waals surface area contributed by atoms with Crippen LogP contribution in [0, 0.1) is 12.7 Å². The van der Waals surface area contributed by atoms with E-state index in [4.69, 9.17) is 10.9 Å². The van der Waals surface area contributed by atoms with Crippen molar-refractivity contribution in [3.05, 3.63) is 35.1 Å². The fraction of sp³-hybridized carbons (Fsp3) is 0.429. The Kier molecular flexibility index (Phi) is 4.22. The number of amides is 1. The number of hydrogen-bond acceptors (Lipinski definition) is 3. The number of amidine groups is 1. The van der Waals surface area contributed by atoms with Crippen molar-refractivity contribution < 1.29 is 14.4 Å². The Morgan fingerprint density at radius 1 is 1.55 bits per heavy atom. The van der Waals surface area contributed by atoms with Crippen LogP contribution in [0.15, 0.2) is 23.4 Å².